The predicted octanol–water partition coefficient (Wildman–Crippen LogP) is 3.76. The largest absolute Gasteiger partial charge is 0.469 e. The van der Waals surface area contributed by atoms with Gasteiger partial charge >= 0.3 is 5.97 Å². The number of hydrogen-bond donors (Lipinski definition) is 0. The Balaban J connectivity index is 0. The normalized spacial score (nSPS) is 7.88. The summed E-state index contributed by atoms with van der Waals surface area (Å²) in [7, 11) is 1.40. The van der Waals surface area contributed by atoms with E-state index in [4.69, 9.17) is 0 Å². The van der Waals surface area contributed by atoms with Crippen LogP contribution < -0.4 is 0 Å². The molecule has 0 aliphatic carbocycles. The molecule has 0 amide bonds. The third-order valence-corrected chi connectivity index (χ3v) is 1.66. The van der Waals surface area contributed by atoms with E-state index < -0.39 is 0 Å². The Morgan fingerprint density at radius 1 is 1.19 bits per heavy atom. The van der Waals surface area contributed by atoms with Crippen molar-refractivity contribution >= 4 is 5.97 Å². The zero-order valence-corrected chi connectivity index (χ0v) is 11.3. The standard InChI is InChI=1S/C10H12O2.2C2H6/c1-8-4-3-5-9(6-8)7-10(11)12-2;2*1-2/h3-6H,7H2,1-2H3;2*1-2H3. The summed E-state index contributed by atoms with van der Waals surface area (Å²) >= 11 is 0. The molecule has 0 atom stereocenters. The summed E-state index contributed by atoms with van der Waals surface area (Å²) < 4.78 is 4.56. The van der Waals surface area contributed by atoms with E-state index >= 15 is 0 Å². The first-order valence-corrected chi connectivity index (χ1v) is 5.84. The number of hydrogen-bond acceptors (Lipinski definition) is 2. The maximum Gasteiger partial charge on any atom is 0.309 e. The number of rotatable bonds is 2. The van der Waals surface area contributed by atoms with Gasteiger partial charge in [-0.3, -0.25) is 4.79 Å². The molecule has 0 N–H and O–H groups in total. The van der Waals surface area contributed by atoms with Crippen molar-refractivity contribution in [3.63, 3.8) is 0 Å². The molecule has 0 saturated carbocycles. The Kier molecular flexibility index (Phi) is 12.6. The van der Waals surface area contributed by atoms with Gasteiger partial charge in [-0.1, -0.05) is 57.5 Å². The molecule has 0 radical (unpaired) electrons. The lowest BCUT2D eigenvalue weighted by atomic mass is 10.1. The fourth-order valence-electron chi connectivity index (χ4n) is 1.06. The molecule has 2 nitrogen and oxygen atoms in total. The van der Waals surface area contributed by atoms with E-state index in [2.05, 4.69) is 4.74 Å². The average molecular weight is 224 g/mol. The molecule has 0 heterocycles. The predicted molar refractivity (Wildman–Crippen MR) is 69.6 cm³/mol. The van der Waals surface area contributed by atoms with Crippen molar-refractivity contribution in [3.8, 4) is 0 Å². The molecule has 16 heavy (non-hydrogen) atoms. The zero-order valence-electron chi connectivity index (χ0n) is 11.3. The molecule has 0 aromatic heterocycles. The summed E-state index contributed by atoms with van der Waals surface area (Å²) in [6.45, 7) is 10.0. The minimum absolute atomic E-state index is 0.194. The van der Waals surface area contributed by atoms with Gasteiger partial charge in [0.2, 0.25) is 0 Å². The van der Waals surface area contributed by atoms with Crippen molar-refractivity contribution < 1.29 is 9.53 Å². The zero-order chi connectivity index (χ0) is 13.0. The summed E-state index contributed by atoms with van der Waals surface area (Å²) in [4.78, 5) is 10.9. The molecule has 1 rings (SSSR count). The lowest BCUT2D eigenvalue weighted by Gasteiger charge is -2.00. The fraction of sp³-hybridized carbons (Fsp3) is 0.500. The Morgan fingerprint density at radius 2 is 1.75 bits per heavy atom. The van der Waals surface area contributed by atoms with Crippen LogP contribution in [-0.4, -0.2) is 13.1 Å². The lowest BCUT2D eigenvalue weighted by molar-refractivity contribution is -0.139. The molecule has 1 aromatic carbocycles. The minimum Gasteiger partial charge on any atom is -0.469 e. The number of benzene rings is 1. The van der Waals surface area contributed by atoms with E-state index in [1.807, 2.05) is 58.9 Å². The molecular formula is C14H24O2. The first-order valence-electron chi connectivity index (χ1n) is 5.84. The third-order valence-electron chi connectivity index (χ3n) is 1.66. The van der Waals surface area contributed by atoms with Gasteiger partial charge in [-0.15, -0.1) is 0 Å². The van der Waals surface area contributed by atoms with Crippen LogP contribution in [0.5, 0.6) is 0 Å². The first-order chi connectivity index (χ1) is 7.72. The van der Waals surface area contributed by atoms with Crippen LogP contribution in [0.25, 0.3) is 0 Å². The van der Waals surface area contributed by atoms with Crippen molar-refractivity contribution in [2.24, 2.45) is 0 Å². The second-order valence-electron chi connectivity index (χ2n) is 2.74. The van der Waals surface area contributed by atoms with Crippen LogP contribution in [0.15, 0.2) is 24.3 Å². The molecule has 0 saturated heterocycles. The fourth-order valence-corrected chi connectivity index (χ4v) is 1.06. The second kappa shape index (κ2) is 11.8. The van der Waals surface area contributed by atoms with E-state index in [9.17, 15) is 4.79 Å². The Labute approximate surface area is 99.6 Å². The maximum absolute atomic E-state index is 10.9. The van der Waals surface area contributed by atoms with Gasteiger partial charge < -0.3 is 4.74 Å². The summed E-state index contributed by atoms with van der Waals surface area (Å²) in [5.74, 6) is -0.194. The van der Waals surface area contributed by atoms with Crippen molar-refractivity contribution in [1.82, 2.24) is 0 Å². The molecule has 0 fully saturated rings. The quantitative estimate of drug-likeness (QED) is 0.715. The summed E-state index contributed by atoms with van der Waals surface area (Å²) in [6, 6.07) is 7.84. The van der Waals surface area contributed by atoms with Gasteiger partial charge in [0.25, 0.3) is 0 Å². The number of ether oxygens (including phenoxy) is 1. The van der Waals surface area contributed by atoms with E-state index in [0.717, 1.165) is 11.1 Å². The van der Waals surface area contributed by atoms with Crippen molar-refractivity contribution in [2.45, 2.75) is 41.0 Å². The molecule has 0 spiro atoms. The van der Waals surface area contributed by atoms with Crippen LogP contribution in [0.3, 0.4) is 0 Å². The minimum atomic E-state index is -0.194. The van der Waals surface area contributed by atoms with Crippen LogP contribution in [0.1, 0.15) is 38.8 Å². The van der Waals surface area contributed by atoms with Gasteiger partial charge in [0, 0.05) is 0 Å². The van der Waals surface area contributed by atoms with Gasteiger partial charge in [0.15, 0.2) is 0 Å². The highest BCUT2D eigenvalue weighted by molar-refractivity contribution is 5.72. The van der Waals surface area contributed by atoms with Crippen molar-refractivity contribution in [3.05, 3.63) is 35.4 Å². The van der Waals surface area contributed by atoms with Crippen LogP contribution in [0.2, 0.25) is 0 Å². The van der Waals surface area contributed by atoms with E-state index in [1.54, 1.807) is 0 Å². The number of esters is 1. The molecule has 0 bridgehead atoms. The molecule has 1 aromatic rings. The smallest absolute Gasteiger partial charge is 0.309 e. The van der Waals surface area contributed by atoms with Crippen LogP contribution in [0.4, 0.5) is 0 Å². The highest BCUT2D eigenvalue weighted by atomic mass is 16.5. The number of aryl methyl sites for hydroxylation is 1. The third kappa shape index (κ3) is 8.04. The van der Waals surface area contributed by atoms with Gasteiger partial charge in [0.05, 0.1) is 13.5 Å². The molecule has 0 unspecified atom stereocenters. The molecule has 2 heteroatoms. The first kappa shape index (κ1) is 17.1. The SMILES string of the molecule is CC.CC.COC(=O)Cc1cccc(C)c1. The highest BCUT2D eigenvalue weighted by Gasteiger charge is 2.01. The Bertz CT molecular complexity index is 280. The highest BCUT2D eigenvalue weighted by Crippen LogP contribution is 2.04. The monoisotopic (exact) mass is 224 g/mol. The average Bonchev–Trinajstić information content (AvgIpc) is 2.34. The number of methoxy groups -OCH3 is 1. The van der Waals surface area contributed by atoms with Crippen molar-refractivity contribution in [1.29, 1.82) is 0 Å². The summed E-state index contributed by atoms with van der Waals surface area (Å²) in [5.41, 5.74) is 2.17. The van der Waals surface area contributed by atoms with E-state index in [1.165, 1.54) is 7.11 Å². The van der Waals surface area contributed by atoms with Crippen LogP contribution in [0, 0.1) is 6.92 Å². The van der Waals surface area contributed by atoms with Crippen LogP contribution >= 0.6 is 0 Å². The van der Waals surface area contributed by atoms with Gasteiger partial charge in [0.1, 0.15) is 0 Å². The molecular weight excluding hydrogens is 200 g/mol. The Morgan fingerprint density at radius 3 is 2.19 bits per heavy atom. The molecule has 92 valence electrons. The van der Waals surface area contributed by atoms with Crippen molar-refractivity contribution in [2.75, 3.05) is 7.11 Å². The number of carbonyl (C=O) groups is 1. The topological polar surface area (TPSA) is 26.3 Å². The van der Waals surface area contributed by atoms with Gasteiger partial charge in [-0.25, -0.2) is 0 Å². The van der Waals surface area contributed by atoms with E-state index in [-0.39, 0.29) is 5.97 Å². The molecule has 0 aliphatic heterocycles. The molecule has 0 aliphatic rings. The lowest BCUT2D eigenvalue weighted by Crippen LogP contribution is -2.04. The number of carbonyl (C=O) groups excluding carboxylic acids is 1. The van der Waals surface area contributed by atoms with E-state index in [0.29, 0.717) is 6.42 Å². The van der Waals surface area contributed by atoms with Gasteiger partial charge in [-0.2, -0.15) is 0 Å². The maximum atomic E-state index is 10.9. The summed E-state index contributed by atoms with van der Waals surface area (Å²) in [6.07, 6.45) is 0.359. The second-order valence-corrected chi connectivity index (χ2v) is 2.74. The van der Waals surface area contributed by atoms with Crippen LogP contribution in [-0.2, 0) is 16.0 Å². The summed E-state index contributed by atoms with van der Waals surface area (Å²) in [5, 5.41) is 0. The Hall–Kier alpha value is -1.31. The van der Waals surface area contributed by atoms with Gasteiger partial charge in [-0.05, 0) is 12.5 Å².